The minimum atomic E-state index is -1.67. The normalized spacial score (nSPS) is 23.5. The number of likely N-dealkylation sites (tertiary alicyclic amines) is 1. The number of hydrogen-bond acceptors (Lipinski definition) is 10. The largest absolute Gasteiger partial charge is 0.508 e. The van der Waals surface area contributed by atoms with Gasteiger partial charge in [0.15, 0.2) is 6.10 Å². The van der Waals surface area contributed by atoms with Crippen LogP contribution in [0.4, 0.5) is 0 Å². The number of phenols is 1. The lowest BCUT2D eigenvalue weighted by Crippen LogP contribution is -2.61. The second-order valence-electron chi connectivity index (χ2n) is 11.9. The van der Waals surface area contributed by atoms with Gasteiger partial charge in [-0.3, -0.25) is 4.90 Å². The highest BCUT2D eigenvalue weighted by Gasteiger charge is 2.48. The van der Waals surface area contributed by atoms with Crippen molar-refractivity contribution in [1.29, 1.82) is 0 Å². The fourth-order valence-corrected chi connectivity index (χ4v) is 6.30. The number of ether oxygens (including phenoxy) is 4. The van der Waals surface area contributed by atoms with E-state index in [0.29, 0.717) is 18.9 Å². The molecule has 0 spiro atoms. The Morgan fingerprint density at radius 3 is 2.30 bits per heavy atom. The van der Waals surface area contributed by atoms with E-state index in [1.54, 1.807) is 24.3 Å². The van der Waals surface area contributed by atoms with Gasteiger partial charge in [0.2, 0.25) is 6.29 Å². The molecule has 2 aliphatic heterocycles. The van der Waals surface area contributed by atoms with E-state index in [1.165, 1.54) is 12.8 Å². The first kappa shape index (κ1) is 31.8. The van der Waals surface area contributed by atoms with Crippen LogP contribution in [0.1, 0.15) is 24.0 Å². The summed E-state index contributed by atoms with van der Waals surface area (Å²) >= 11 is 0. The van der Waals surface area contributed by atoms with E-state index in [0.717, 1.165) is 65.8 Å². The molecular formula is C35H40N2O9. The molecule has 2 saturated heterocycles. The molecule has 0 saturated carbocycles. The van der Waals surface area contributed by atoms with Crippen molar-refractivity contribution in [3.8, 4) is 28.5 Å². The summed E-state index contributed by atoms with van der Waals surface area (Å²) in [7, 11) is 1.13. The van der Waals surface area contributed by atoms with Crippen LogP contribution in [0.2, 0.25) is 0 Å². The van der Waals surface area contributed by atoms with Gasteiger partial charge in [-0.1, -0.05) is 12.1 Å². The van der Waals surface area contributed by atoms with E-state index in [1.807, 2.05) is 37.3 Å². The molecule has 1 aromatic heterocycles. The van der Waals surface area contributed by atoms with E-state index in [2.05, 4.69) is 26.3 Å². The third kappa shape index (κ3) is 6.55. The zero-order valence-electron chi connectivity index (χ0n) is 25.9. The smallest absolute Gasteiger partial charge is 0.337 e. The van der Waals surface area contributed by atoms with Crippen LogP contribution in [0.15, 0.2) is 66.7 Å². The van der Waals surface area contributed by atoms with Gasteiger partial charge >= 0.3 is 5.97 Å². The molecule has 3 heterocycles. The molecule has 4 N–H and O–H groups in total. The lowest BCUT2D eigenvalue weighted by molar-refractivity contribution is -0.271. The lowest BCUT2D eigenvalue weighted by Gasteiger charge is -2.38. The van der Waals surface area contributed by atoms with Crippen molar-refractivity contribution in [3.63, 3.8) is 0 Å². The highest BCUT2D eigenvalue weighted by Crippen LogP contribution is 2.37. The van der Waals surface area contributed by atoms with Crippen molar-refractivity contribution in [2.75, 3.05) is 33.4 Å². The van der Waals surface area contributed by atoms with E-state index >= 15 is 0 Å². The van der Waals surface area contributed by atoms with Gasteiger partial charge in [0.05, 0.1) is 12.8 Å². The van der Waals surface area contributed by atoms with Crippen molar-refractivity contribution in [3.05, 3.63) is 77.9 Å². The molecule has 5 atom stereocenters. The molecule has 0 radical (unpaired) electrons. The Hall–Kier alpha value is -4.13. The first-order chi connectivity index (χ1) is 22.2. The van der Waals surface area contributed by atoms with Crippen LogP contribution in [0.3, 0.4) is 0 Å². The standard InChI is InChI=1S/C35H40N2O9/c1-21-27-19-24(38)9-14-28(27)37(20-22-5-10-25(11-6-22)44-18-17-36-15-3-4-16-36)29(21)23-7-12-26(13-8-23)45-35-32(41)30(39)31(40)33(46-35)34(42)43-2/h5-14,19,30-33,35,38-41H,3-4,15-18,20H2,1-2H3. The number of fused-ring (bicyclic) bond motifs is 1. The number of rotatable bonds is 10. The van der Waals surface area contributed by atoms with Crippen LogP contribution in [0.5, 0.6) is 17.2 Å². The summed E-state index contributed by atoms with van der Waals surface area (Å²) in [5, 5.41) is 42.1. The Morgan fingerprint density at radius 2 is 1.61 bits per heavy atom. The molecule has 46 heavy (non-hydrogen) atoms. The number of esters is 1. The Kier molecular flexibility index (Phi) is 9.48. The number of hydrogen-bond donors (Lipinski definition) is 4. The first-order valence-electron chi connectivity index (χ1n) is 15.5. The van der Waals surface area contributed by atoms with Crippen LogP contribution in [0.25, 0.3) is 22.2 Å². The van der Waals surface area contributed by atoms with Gasteiger partial charge in [-0.15, -0.1) is 0 Å². The van der Waals surface area contributed by atoms with E-state index in [4.69, 9.17) is 14.2 Å². The minimum absolute atomic E-state index is 0.182. The molecular weight excluding hydrogens is 592 g/mol. The molecule has 3 aromatic carbocycles. The van der Waals surface area contributed by atoms with Crippen molar-refractivity contribution in [2.45, 2.75) is 57.0 Å². The molecule has 4 aromatic rings. The SMILES string of the molecule is COC(=O)C1OC(Oc2ccc(-c3c(C)c4cc(O)ccc4n3Cc3ccc(OCCN4CCCC4)cc3)cc2)C(O)C(O)C1O. The fourth-order valence-electron chi connectivity index (χ4n) is 6.30. The molecule has 2 aliphatic rings. The number of aliphatic hydroxyl groups excluding tert-OH is 3. The predicted molar refractivity (Wildman–Crippen MR) is 170 cm³/mol. The summed E-state index contributed by atoms with van der Waals surface area (Å²) in [5.74, 6) is 0.445. The van der Waals surface area contributed by atoms with Gasteiger partial charge in [0, 0.05) is 24.0 Å². The Labute approximate surface area is 267 Å². The number of nitrogens with zero attached hydrogens (tertiary/aromatic N) is 2. The summed E-state index contributed by atoms with van der Waals surface area (Å²) in [5.41, 5.74) is 4.89. The maximum atomic E-state index is 12.0. The quantitative estimate of drug-likeness (QED) is 0.193. The molecule has 11 heteroatoms. The maximum absolute atomic E-state index is 12.0. The Balaban J connectivity index is 1.22. The predicted octanol–water partition coefficient (Wildman–Crippen LogP) is 3.20. The van der Waals surface area contributed by atoms with Crippen LogP contribution >= 0.6 is 0 Å². The molecule has 0 amide bonds. The highest BCUT2D eigenvalue weighted by molar-refractivity contribution is 5.92. The van der Waals surface area contributed by atoms with Gasteiger partial charge in [-0.2, -0.15) is 0 Å². The van der Waals surface area contributed by atoms with Gasteiger partial charge in [-0.05, 0) is 104 Å². The molecule has 2 fully saturated rings. The van der Waals surface area contributed by atoms with Crippen molar-refractivity contribution < 1.29 is 44.2 Å². The van der Waals surface area contributed by atoms with Crippen LogP contribution in [0, 0.1) is 6.92 Å². The number of aryl methyl sites for hydroxylation is 1. The van der Waals surface area contributed by atoms with Gasteiger partial charge < -0.3 is 43.9 Å². The second-order valence-corrected chi connectivity index (χ2v) is 11.9. The highest BCUT2D eigenvalue weighted by atomic mass is 16.7. The number of aliphatic hydroxyl groups is 3. The summed E-state index contributed by atoms with van der Waals surface area (Å²) in [4.78, 5) is 14.5. The van der Waals surface area contributed by atoms with Crippen LogP contribution < -0.4 is 9.47 Å². The molecule has 0 bridgehead atoms. The third-order valence-electron chi connectivity index (χ3n) is 8.82. The van der Waals surface area contributed by atoms with Gasteiger partial charge in [0.1, 0.15) is 42.2 Å². The van der Waals surface area contributed by atoms with E-state index in [-0.39, 0.29) is 5.75 Å². The number of aromatic hydroxyl groups is 1. The number of methoxy groups -OCH3 is 1. The minimum Gasteiger partial charge on any atom is -0.508 e. The molecule has 11 nitrogen and oxygen atoms in total. The molecule has 0 aliphatic carbocycles. The Bertz CT molecular complexity index is 1650. The number of carbonyl (C=O) groups is 1. The van der Waals surface area contributed by atoms with Crippen molar-refractivity contribution in [2.24, 2.45) is 0 Å². The number of benzene rings is 3. The zero-order chi connectivity index (χ0) is 32.4. The monoisotopic (exact) mass is 632 g/mol. The number of phenolic OH excluding ortho intramolecular Hbond substituents is 1. The summed E-state index contributed by atoms with van der Waals surface area (Å²) in [6.07, 6.45) is -5.36. The molecule has 6 rings (SSSR count). The molecule has 5 unspecified atom stereocenters. The van der Waals surface area contributed by atoms with Crippen molar-refractivity contribution >= 4 is 16.9 Å². The topological polar surface area (TPSA) is 143 Å². The van der Waals surface area contributed by atoms with E-state index in [9.17, 15) is 25.2 Å². The van der Waals surface area contributed by atoms with Crippen molar-refractivity contribution in [1.82, 2.24) is 9.47 Å². The first-order valence-corrected chi connectivity index (χ1v) is 15.5. The number of carbonyl (C=O) groups excluding carboxylic acids is 1. The maximum Gasteiger partial charge on any atom is 0.337 e. The van der Waals surface area contributed by atoms with Crippen LogP contribution in [-0.2, 0) is 20.8 Å². The van der Waals surface area contributed by atoms with E-state index < -0.39 is 36.7 Å². The summed E-state index contributed by atoms with van der Waals surface area (Å²) in [6, 6.07) is 20.6. The molecule has 244 valence electrons. The lowest BCUT2D eigenvalue weighted by atomic mass is 9.99. The van der Waals surface area contributed by atoms with Crippen LogP contribution in [-0.4, -0.2) is 99.9 Å². The Morgan fingerprint density at radius 1 is 0.913 bits per heavy atom. The second kappa shape index (κ2) is 13.7. The average molecular weight is 633 g/mol. The third-order valence-corrected chi connectivity index (χ3v) is 8.82. The van der Waals surface area contributed by atoms with Gasteiger partial charge in [-0.25, -0.2) is 4.79 Å². The number of aromatic nitrogens is 1. The average Bonchev–Trinajstić information content (AvgIpc) is 3.68. The van der Waals surface area contributed by atoms with Gasteiger partial charge in [0.25, 0.3) is 0 Å². The summed E-state index contributed by atoms with van der Waals surface area (Å²) < 4.78 is 24.1. The zero-order valence-corrected chi connectivity index (χ0v) is 25.9. The summed E-state index contributed by atoms with van der Waals surface area (Å²) in [6.45, 7) is 6.48. The fraction of sp³-hybridized carbons (Fsp3) is 0.400.